The predicted octanol–water partition coefficient (Wildman–Crippen LogP) is 3.58. The molecule has 1 amide bonds. The lowest BCUT2D eigenvalue weighted by molar-refractivity contribution is 0.0793. The van der Waals surface area contributed by atoms with Gasteiger partial charge in [0.25, 0.3) is 5.91 Å². The first-order chi connectivity index (χ1) is 10.1. The van der Waals surface area contributed by atoms with Gasteiger partial charge in [0.15, 0.2) is 0 Å². The zero-order chi connectivity index (χ0) is 15.7. The average Bonchev–Trinajstić information content (AvgIpc) is 2.51. The zero-order valence-corrected chi connectivity index (χ0v) is 13.9. The zero-order valence-electron chi connectivity index (χ0n) is 13.9. The topological polar surface area (TPSA) is 36.4 Å². The van der Waals surface area contributed by atoms with Gasteiger partial charge in [-0.15, -0.1) is 0 Å². The number of hydrogen-bond acceptors (Lipinski definition) is 3. The third-order valence-corrected chi connectivity index (χ3v) is 3.50. The normalized spacial score (nSPS) is 10.5. The molecule has 0 spiro atoms. The Morgan fingerprint density at radius 2 is 1.76 bits per heavy atom. The van der Waals surface area contributed by atoms with Crippen LogP contribution in [0.25, 0.3) is 0 Å². The van der Waals surface area contributed by atoms with Gasteiger partial charge in [-0.25, -0.2) is 4.98 Å². The van der Waals surface area contributed by atoms with Crippen molar-refractivity contribution in [3.63, 3.8) is 0 Å². The summed E-state index contributed by atoms with van der Waals surface area (Å²) in [6, 6.07) is 3.74. The second-order valence-corrected chi connectivity index (χ2v) is 5.47. The average molecular weight is 291 g/mol. The molecule has 0 saturated heterocycles. The van der Waals surface area contributed by atoms with Crippen LogP contribution in [0.4, 0.5) is 5.82 Å². The molecule has 1 aromatic rings. The number of hydrogen-bond donors (Lipinski definition) is 0. The van der Waals surface area contributed by atoms with Gasteiger partial charge in [-0.3, -0.25) is 4.79 Å². The van der Waals surface area contributed by atoms with E-state index in [1.54, 1.807) is 11.1 Å². The van der Waals surface area contributed by atoms with Crippen LogP contribution in [0.5, 0.6) is 0 Å². The molecule has 1 aromatic heterocycles. The minimum absolute atomic E-state index is 0.0834. The summed E-state index contributed by atoms with van der Waals surface area (Å²) >= 11 is 0. The van der Waals surface area contributed by atoms with Crippen molar-refractivity contribution in [1.29, 1.82) is 0 Å². The summed E-state index contributed by atoms with van der Waals surface area (Å²) in [7, 11) is 1.87. The molecule has 0 bridgehead atoms. The van der Waals surface area contributed by atoms with Crippen molar-refractivity contribution < 1.29 is 4.79 Å². The number of unbranched alkanes of at least 4 members (excludes halogenated alkanes) is 1. The molecule has 1 heterocycles. The number of rotatable bonds is 9. The second-order valence-electron chi connectivity index (χ2n) is 5.47. The number of aromatic nitrogens is 1. The van der Waals surface area contributed by atoms with Gasteiger partial charge in [0, 0.05) is 38.4 Å². The van der Waals surface area contributed by atoms with Crippen LogP contribution in [-0.4, -0.2) is 42.5 Å². The highest BCUT2D eigenvalue weighted by atomic mass is 16.2. The van der Waals surface area contributed by atoms with Crippen LogP contribution in [0.15, 0.2) is 18.3 Å². The second kappa shape index (κ2) is 9.37. The number of carbonyl (C=O) groups excluding carboxylic acids is 1. The Labute approximate surface area is 129 Å². The summed E-state index contributed by atoms with van der Waals surface area (Å²) < 4.78 is 0. The molecule has 21 heavy (non-hydrogen) atoms. The first kappa shape index (κ1) is 17.5. The third kappa shape index (κ3) is 5.37. The lowest BCUT2D eigenvalue weighted by Gasteiger charge is -2.23. The summed E-state index contributed by atoms with van der Waals surface area (Å²) in [4.78, 5) is 20.9. The highest BCUT2D eigenvalue weighted by Crippen LogP contribution is 2.15. The smallest absolute Gasteiger partial charge is 0.253 e. The van der Waals surface area contributed by atoms with E-state index in [9.17, 15) is 4.79 Å². The van der Waals surface area contributed by atoms with E-state index < -0.39 is 0 Å². The minimum atomic E-state index is 0.0834. The largest absolute Gasteiger partial charge is 0.357 e. The van der Waals surface area contributed by atoms with Crippen LogP contribution < -0.4 is 4.90 Å². The number of anilines is 1. The fraction of sp³-hybridized carbons (Fsp3) is 0.647. The summed E-state index contributed by atoms with van der Waals surface area (Å²) in [5, 5.41) is 0. The lowest BCUT2D eigenvalue weighted by Crippen LogP contribution is -2.29. The van der Waals surface area contributed by atoms with Gasteiger partial charge in [0.05, 0.1) is 0 Å². The molecule has 4 nitrogen and oxygen atoms in total. The Kier molecular flexibility index (Phi) is 7.80. The van der Waals surface area contributed by atoms with Gasteiger partial charge in [-0.05, 0) is 31.4 Å². The molecular weight excluding hydrogens is 262 g/mol. The Morgan fingerprint density at radius 3 is 2.33 bits per heavy atom. The maximum absolute atomic E-state index is 12.4. The monoisotopic (exact) mass is 291 g/mol. The number of amides is 1. The van der Waals surface area contributed by atoms with Gasteiger partial charge < -0.3 is 9.80 Å². The van der Waals surface area contributed by atoms with Crippen LogP contribution >= 0.6 is 0 Å². The number of nitrogens with zero attached hydrogens (tertiary/aromatic N) is 3. The number of pyridine rings is 1. The van der Waals surface area contributed by atoms with Crippen molar-refractivity contribution >= 4 is 11.7 Å². The Balaban J connectivity index is 2.85. The fourth-order valence-electron chi connectivity index (χ4n) is 2.32. The van der Waals surface area contributed by atoms with E-state index in [1.807, 2.05) is 19.2 Å². The van der Waals surface area contributed by atoms with Crippen molar-refractivity contribution in [2.75, 3.05) is 31.6 Å². The maximum Gasteiger partial charge on any atom is 0.253 e. The summed E-state index contributed by atoms with van der Waals surface area (Å²) in [6.45, 7) is 9.22. The summed E-state index contributed by atoms with van der Waals surface area (Å²) in [6.07, 6.45) is 6.04. The molecular formula is C17H29N3O. The van der Waals surface area contributed by atoms with Gasteiger partial charge in [0.2, 0.25) is 0 Å². The molecule has 0 atom stereocenters. The third-order valence-electron chi connectivity index (χ3n) is 3.50. The first-order valence-corrected chi connectivity index (χ1v) is 8.10. The van der Waals surface area contributed by atoms with Gasteiger partial charge in [0.1, 0.15) is 5.82 Å². The Hall–Kier alpha value is -1.58. The van der Waals surface area contributed by atoms with E-state index in [1.165, 1.54) is 0 Å². The van der Waals surface area contributed by atoms with Crippen LogP contribution in [0.1, 0.15) is 56.8 Å². The van der Waals surface area contributed by atoms with Crippen molar-refractivity contribution in [1.82, 2.24) is 9.88 Å². The molecule has 0 aromatic carbocycles. The molecule has 0 aliphatic heterocycles. The molecule has 1 rings (SSSR count). The molecule has 0 unspecified atom stereocenters. The first-order valence-electron chi connectivity index (χ1n) is 8.10. The highest BCUT2D eigenvalue weighted by Gasteiger charge is 2.14. The molecule has 0 aliphatic carbocycles. The van der Waals surface area contributed by atoms with Gasteiger partial charge >= 0.3 is 0 Å². The van der Waals surface area contributed by atoms with E-state index in [-0.39, 0.29) is 5.91 Å². The van der Waals surface area contributed by atoms with Crippen LogP contribution in [0, 0.1) is 0 Å². The van der Waals surface area contributed by atoms with E-state index >= 15 is 0 Å². The van der Waals surface area contributed by atoms with Gasteiger partial charge in [-0.1, -0.05) is 27.2 Å². The van der Waals surface area contributed by atoms with Crippen molar-refractivity contribution in [2.45, 2.75) is 46.5 Å². The SMILES string of the molecule is CCCCN(C)C(=O)c1ccnc(N(CCC)CCC)c1. The van der Waals surface area contributed by atoms with Crippen LogP contribution in [0.3, 0.4) is 0 Å². The number of carbonyl (C=O) groups is 1. The van der Waals surface area contributed by atoms with Crippen LogP contribution in [0.2, 0.25) is 0 Å². The molecule has 0 N–H and O–H groups in total. The van der Waals surface area contributed by atoms with E-state index in [2.05, 4.69) is 30.7 Å². The van der Waals surface area contributed by atoms with E-state index in [4.69, 9.17) is 0 Å². The molecule has 4 heteroatoms. The van der Waals surface area contributed by atoms with Crippen molar-refractivity contribution in [2.24, 2.45) is 0 Å². The summed E-state index contributed by atoms with van der Waals surface area (Å²) in [5.74, 6) is 0.994. The quantitative estimate of drug-likeness (QED) is 0.698. The molecule has 0 radical (unpaired) electrons. The Bertz CT molecular complexity index is 428. The standard InChI is InChI=1S/C17H29N3O/c1-5-8-13-19(4)17(21)15-9-10-18-16(14-15)20(11-6-2)12-7-3/h9-10,14H,5-8,11-13H2,1-4H3. The molecule has 118 valence electrons. The Morgan fingerprint density at radius 1 is 1.10 bits per heavy atom. The molecule has 0 fully saturated rings. The van der Waals surface area contributed by atoms with Gasteiger partial charge in [-0.2, -0.15) is 0 Å². The van der Waals surface area contributed by atoms with E-state index in [0.29, 0.717) is 0 Å². The fourth-order valence-corrected chi connectivity index (χ4v) is 2.32. The van der Waals surface area contributed by atoms with Crippen molar-refractivity contribution in [3.8, 4) is 0 Å². The van der Waals surface area contributed by atoms with E-state index in [0.717, 1.165) is 56.7 Å². The summed E-state index contributed by atoms with van der Waals surface area (Å²) in [5.41, 5.74) is 0.732. The predicted molar refractivity (Wildman–Crippen MR) is 88.9 cm³/mol. The highest BCUT2D eigenvalue weighted by molar-refractivity contribution is 5.94. The van der Waals surface area contributed by atoms with Crippen LogP contribution in [-0.2, 0) is 0 Å². The minimum Gasteiger partial charge on any atom is -0.357 e. The van der Waals surface area contributed by atoms with Crippen molar-refractivity contribution in [3.05, 3.63) is 23.9 Å². The molecule has 0 saturated carbocycles. The maximum atomic E-state index is 12.4. The lowest BCUT2D eigenvalue weighted by atomic mass is 10.2. The molecule has 0 aliphatic rings.